The Hall–Kier alpha value is -5.19. The Morgan fingerprint density at radius 1 is 0.849 bits per heavy atom. The molecule has 1 fully saturated rings. The molecule has 282 valence electrons. The van der Waals surface area contributed by atoms with E-state index in [1.165, 1.54) is 5.56 Å². The number of carbonyl (C=O) groups is 4. The number of rotatable bonds is 15. The average molecular weight is 725 g/mol. The summed E-state index contributed by atoms with van der Waals surface area (Å²) >= 11 is 0. The lowest BCUT2D eigenvalue weighted by atomic mass is 9.82. The van der Waals surface area contributed by atoms with Crippen LogP contribution in [0, 0.1) is 11.8 Å². The van der Waals surface area contributed by atoms with E-state index < -0.39 is 35.7 Å². The summed E-state index contributed by atoms with van der Waals surface area (Å²) in [7, 11) is 0. The first kappa shape index (κ1) is 39.0. The number of fused-ring (bicyclic) bond motifs is 3. The van der Waals surface area contributed by atoms with Crippen molar-refractivity contribution >= 4 is 29.8 Å². The molecule has 0 heterocycles. The molecule has 0 radical (unpaired) electrons. The lowest BCUT2D eigenvalue weighted by molar-refractivity contribution is -0.155. The summed E-state index contributed by atoms with van der Waals surface area (Å²) in [6, 6.07) is 24.8. The number of carboxylic acids is 1. The largest absolute Gasteiger partial charge is 0.481 e. The van der Waals surface area contributed by atoms with E-state index in [9.17, 15) is 24.3 Å². The second-order valence-electron chi connectivity index (χ2n) is 15.0. The number of hydrogen-bond acceptors (Lipinski definition) is 7. The number of nitrogens with zero attached hydrogens (tertiary/aromatic N) is 1. The fourth-order valence-electron chi connectivity index (χ4n) is 7.18. The van der Waals surface area contributed by atoms with Gasteiger partial charge < -0.3 is 25.2 Å². The third kappa shape index (κ3) is 11.7. The fraction of sp³-hybridized carbons (Fsp3) is 0.452. The SMILES string of the molecule is CC(C)(C)OC(=O)C[C@H](NC(=O)OCC1c2ccccc2-c2ccccc21)/C(CCCCc1ccccc1)=N/NC(=O)NCC1CCC(C(=O)O)CC1. The molecule has 3 aromatic carbocycles. The number of hydrogen-bond donors (Lipinski definition) is 4. The number of benzene rings is 3. The van der Waals surface area contributed by atoms with Crippen molar-refractivity contribution in [2.75, 3.05) is 13.2 Å². The van der Waals surface area contributed by atoms with Crippen LogP contribution in [0.25, 0.3) is 11.1 Å². The van der Waals surface area contributed by atoms with E-state index in [0.717, 1.165) is 47.9 Å². The van der Waals surface area contributed by atoms with E-state index in [4.69, 9.17) is 9.47 Å². The topological polar surface area (TPSA) is 155 Å². The molecule has 11 nitrogen and oxygen atoms in total. The summed E-state index contributed by atoms with van der Waals surface area (Å²) < 4.78 is 11.5. The van der Waals surface area contributed by atoms with Crippen LogP contribution < -0.4 is 16.1 Å². The van der Waals surface area contributed by atoms with Crippen molar-refractivity contribution in [3.8, 4) is 11.1 Å². The highest BCUT2D eigenvalue weighted by molar-refractivity contribution is 5.95. The zero-order valence-electron chi connectivity index (χ0n) is 30.9. The molecule has 1 saturated carbocycles. The van der Waals surface area contributed by atoms with Crippen LogP contribution in [0.4, 0.5) is 9.59 Å². The molecule has 0 spiro atoms. The number of amides is 3. The molecule has 0 aliphatic heterocycles. The number of ether oxygens (including phenoxy) is 2. The van der Waals surface area contributed by atoms with Gasteiger partial charge in [-0.2, -0.15) is 5.10 Å². The Morgan fingerprint density at radius 2 is 1.47 bits per heavy atom. The Kier molecular flexibility index (Phi) is 13.6. The van der Waals surface area contributed by atoms with Gasteiger partial charge in [-0.3, -0.25) is 9.59 Å². The number of urea groups is 1. The van der Waals surface area contributed by atoms with E-state index in [-0.39, 0.29) is 30.8 Å². The summed E-state index contributed by atoms with van der Waals surface area (Å²) in [6.45, 7) is 5.81. The maximum absolute atomic E-state index is 13.5. The first-order valence-electron chi connectivity index (χ1n) is 18.7. The van der Waals surface area contributed by atoms with Gasteiger partial charge in [0.15, 0.2) is 0 Å². The molecule has 3 aromatic rings. The van der Waals surface area contributed by atoms with Crippen molar-refractivity contribution in [1.29, 1.82) is 0 Å². The van der Waals surface area contributed by atoms with Gasteiger partial charge >= 0.3 is 24.1 Å². The number of hydrazone groups is 1. The van der Waals surface area contributed by atoms with E-state index in [0.29, 0.717) is 37.9 Å². The van der Waals surface area contributed by atoms with Crippen LogP contribution in [0.1, 0.15) is 94.7 Å². The average Bonchev–Trinajstić information content (AvgIpc) is 3.45. The molecule has 2 aliphatic rings. The molecule has 0 unspecified atom stereocenters. The summed E-state index contributed by atoms with van der Waals surface area (Å²) in [5.41, 5.74) is 7.83. The molecule has 2 aliphatic carbocycles. The maximum Gasteiger partial charge on any atom is 0.407 e. The van der Waals surface area contributed by atoms with Gasteiger partial charge in [-0.25, -0.2) is 15.0 Å². The zero-order valence-corrected chi connectivity index (χ0v) is 30.9. The van der Waals surface area contributed by atoms with E-state index in [1.807, 2.05) is 54.6 Å². The van der Waals surface area contributed by atoms with Gasteiger partial charge in [0, 0.05) is 12.5 Å². The van der Waals surface area contributed by atoms with Crippen molar-refractivity contribution < 1.29 is 33.8 Å². The number of unbranched alkanes of at least 4 members (excludes halogenated alkanes) is 1. The first-order valence-corrected chi connectivity index (χ1v) is 18.7. The quantitative estimate of drug-likeness (QED) is 0.0545. The van der Waals surface area contributed by atoms with Crippen molar-refractivity contribution in [1.82, 2.24) is 16.1 Å². The number of esters is 1. The number of nitrogens with one attached hydrogen (secondary N) is 3. The minimum absolute atomic E-state index is 0.0948. The lowest BCUT2D eigenvalue weighted by Crippen LogP contribution is -2.45. The summed E-state index contributed by atoms with van der Waals surface area (Å²) in [5, 5.41) is 19.5. The smallest absolute Gasteiger partial charge is 0.407 e. The van der Waals surface area contributed by atoms with Crippen LogP contribution in [-0.2, 0) is 25.5 Å². The minimum atomic E-state index is -0.913. The van der Waals surface area contributed by atoms with Crippen molar-refractivity contribution in [3.05, 3.63) is 95.6 Å². The molecule has 53 heavy (non-hydrogen) atoms. The van der Waals surface area contributed by atoms with Crippen molar-refractivity contribution in [3.63, 3.8) is 0 Å². The highest BCUT2D eigenvalue weighted by atomic mass is 16.6. The van der Waals surface area contributed by atoms with Gasteiger partial charge in [0.05, 0.1) is 24.1 Å². The highest BCUT2D eigenvalue weighted by Gasteiger charge is 2.31. The van der Waals surface area contributed by atoms with Gasteiger partial charge in [-0.1, -0.05) is 78.9 Å². The number of alkyl carbamates (subject to hydrolysis) is 1. The molecule has 0 aromatic heterocycles. The van der Waals surface area contributed by atoms with E-state index in [1.54, 1.807) is 20.8 Å². The van der Waals surface area contributed by atoms with E-state index in [2.05, 4.69) is 45.4 Å². The third-order valence-electron chi connectivity index (χ3n) is 9.87. The number of aryl methyl sites for hydroxylation is 1. The first-order chi connectivity index (χ1) is 25.5. The standard InChI is InChI=1S/C42H52N4O7/c1-42(2,3)53-38(47)25-37(44-41(51)52-27-35-33-18-10-8-16-31(33)32-17-9-11-19-34(32)35)36(20-12-7-15-28-13-5-4-6-14-28)45-46-40(50)43-26-29-21-23-30(24-22-29)39(48)49/h4-6,8-11,13-14,16-19,29-30,35,37H,7,12,15,20-27H2,1-3H3,(H,44,51)(H,48,49)(H2,43,46,50)/b45-36+/t29?,30?,37-/m0/s1. The Labute approximate surface area is 311 Å². The molecule has 1 atom stereocenters. The van der Waals surface area contributed by atoms with Crippen LogP contribution in [-0.4, -0.2) is 59.7 Å². The summed E-state index contributed by atoms with van der Waals surface area (Å²) in [6.07, 6.45) is 4.41. The van der Waals surface area contributed by atoms with Crippen LogP contribution in [0.2, 0.25) is 0 Å². The fourth-order valence-corrected chi connectivity index (χ4v) is 7.18. The van der Waals surface area contributed by atoms with Gasteiger partial charge in [0.1, 0.15) is 12.2 Å². The maximum atomic E-state index is 13.5. The monoisotopic (exact) mass is 724 g/mol. The van der Waals surface area contributed by atoms with Crippen molar-refractivity contribution in [2.24, 2.45) is 16.9 Å². The molecular weight excluding hydrogens is 672 g/mol. The summed E-state index contributed by atoms with van der Waals surface area (Å²) in [4.78, 5) is 51.0. The molecule has 5 rings (SSSR count). The molecule has 4 N–H and O–H groups in total. The van der Waals surface area contributed by atoms with Crippen LogP contribution in [0.15, 0.2) is 84.0 Å². The molecule has 3 amide bonds. The summed E-state index contributed by atoms with van der Waals surface area (Å²) in [5.74, 6) is -1.60. The van der Waals surface area contributed by atoms with Crippen LogP contribution >= 0.6 is 0 Å². The predicted molar refractivity (Wildman–Crippen MR) is 204 cm³/mol. The number of aliphatic carboxylic acids is 1. The van der Waals surface area contributed by atoms with Gasteiger partial charge in [0.25, 0.3) is 0 Å². The van der Waals surface area contributed by atoms with Gasteiger partial charge in [-0.05, 0) is 106 Å². The van der Waals surface area contributed by atoms with Crippen LogP contribution in [0.3, 0.4) is 0 Å². The normalized spacial score (nSPS) is 17.5. The third-order valence-corrected chi connectivity index (χ3v) is 9.87. The van der Waals surface area contributed by atoms with Crippen LogP contribution in [0.5, 0.6) is 0 Å². The molecule has 0 saturated heterocycles. The second-order valence-corrected chi connectivity index (χ2v) is 15.0. The Bertz CT molecular complexity index is 1700. The lowest BCUT2D eigenvalue weighted by Gasteiger charge is -2.26. The zero-order chi connectivity index (χ0) is 37.8. The molecular formula is C42H52N4O7. The minimum Gasteiger partial charge on any atom is -0.481 e. The van der Waals surface area contributed by atoms with Gasteiger partial charge in [0.2, 0.25) is 0 Å². The van der Waals surface area contributed by atoms with E-state index >= 15 is 0 Å². The van der Waals surface area contributed by atoms with Crippen molar-refractivity contribution in [2.45, 2.75) is 96.1 Å². The molecule has 0 bridgehead atoms. The predicted octanol–water partition coefficient (Wildman–Crippen LogP) is 7.58. The number of carboxylic acid groups (broad SMARTS) is 1. The van der Waals surface area contributed by atoms with Gasteiger partial charge in [-0.15, -0.1) is 0 Å². The molecule has 11 heteroatoms. The Morgan fingerprint density at radius 3 is 2.09 bits per heavy atom. The number of carbonyl (C=O) groups excluding carboxylic acids is 3. The highest BCUT2D eigenvalue weighted by Crippen LogP contribution is 2.44. The second kappa shape index (κ2) is 18.5. The Balaban J connectivity index is 1.28.